The predicted molar refractivity (Wildman–Crippen MR) is 122 cm³/mol. The molecule has 11 heteroatoms. The first-order valence-corrected chi connectivity index (χ1v) is 11.2. The molecule has 0 saturated heterocycles. The summed E-state index contributed by atoms with van der Waals surface area (Å²) in [6.07, 6.45) is 0.630. The molecule has 0 aliphatic rings. The highest BCUT2D eigenvalue weighted by molar-refractivity contribution is 7.93. The maximum Gasteiger partial charge on any atom is 0.312 e. The number of carboxylic acids is 1. The number of ether oxygens (including phenoxy) is 4. The number of methoxy groups -OCH3 is 4. The number of carbonyl (C=O) groups excluding carboxylic acids is 1. The summed E-state index contributed by atoms with van der Waals surface area (Å²) in [7, 11) is 1.99. The van der Waals surface area contributed by atoms with E-state index in [-0.39, 0.29) is 17.2 Å². The Morgan fingerprint density at radius 1 is 0.939 bits per heavy atom. The van der Waals surface area contributed by atoms with Crippen molar-refractivity contribution in [3.05, 3.63) is 46.9 Å². The van der Waals surface area contributed by atoms with Crippen LogP contribution in [0.25, 0.3) is 6.08 Å². The summed E-state index contributed by atoms with van der Waals surface area (Å²) in [4.78, 5) is 22.5. The number of hydrogen-bond donors (Lipinski definition) is 2. The van der Waals surface area contributed by atoms with Gasteiger partial charge in [0.25, 0.3) is 0 Å². The van der Waals surface area contributed by atoms with E-state index >= 15 is 0 Å². The summed E-state index contributed by atoms with van der Waals surface area (Å²) < 4.78 is 46.4. The number of carbonyl (C=O) groups is 2. The molecule has 2 aromatic rings. The minimum absolute atomic E-state index is 0.166. The van der Waals surface area contributed by atoms with Crippen molar-refractivity contribution in [2.75, 3.05) is 33.8 Å². The summed E-state index contributed by atoms with van der Waals surface area (Å²) in [5.74, 6) is -0.955. The Bertz CT molecular complexity index is 1130. The fourth-order valence-electron chi connectivity index (χ4n) is 2.92. The lowest BCUT2D eigenvalue weighted by Gasteiger charge is -2.13. The SMILES string of the molecule is COc1cc(OC)c(/C=C/S(=O)(=O)Cc2ccc(OC)c(NC(=O)CC(=O)O)c2)c(OC)c1. The van der Waals surface area contributed by atoms with E-state index in [0.717, 1.165) is 5.41 Å². The standard InChI is InChI=1S/C22H25NO9S/c1-29-15-10-19(31-3)16(20(11-15)32-4)7-8-33(27,28)13-14-5-6-18(30-2)17(9-14)23-21(24)12-22(25)26/h5-11H,12-13H2,1-4H3,(H,23,24)(H,25,26)/b8-7+. The van der Waals surface area contributed by atoms with Gasteiger partial charge in [0.15, 0.2) is 9.84 Å². The second-order valence-corrected chi connectivity index (χ2v) is 8.60. The number of sulfone groups is 1. The molecule has 0 spiro atoms. The van der Waals surface area contributed by atoms with Crippen molar-refractivity contribution < 1.29 is 42.1 Å². The number of anilines is 1. The summed E-state index contributed by atoms with van der Waals surface area (Å²) in [6.45, 7) is 0. The molecule has 1 amide bonds. The molecule has 0 atom stereocenters. The van der Waals surface area contributed by atoms with Gasteiger partial charge in [0.05, 0.1) is 45.4 Å². The molecule has 0 radical (unpaired) electrons. The number of carboxylic acid groups (broad SMARTS) is 1. The van der Waals surface area contributed by atoms with Crippen LogP contribution in [0.15, 0.2) is 35.7 Å². The minimum Gasteiger partial charge on any atom is -0.496 e. The van der Waals surface area contributed by atoms with Gasteiger partial charge >= 0.3 is 5.97 Å². The second kappa shape index (κ2) is 11.2. The normalized spacial score (nSPS) is 11.2. The lowest BCUT2D eigenvalue weighted by molar-refractivity contribution is -0.139. The fourth-order valence-corrected chi connectivity index (χ4v) is 4.01. The third-order valence-corrected chi connectivity index (χ3v) is 5.70. The Morgan fingerprint density at radius 3 is 2.06 bits per heavy atom. The van der Waals surface area contributed by atoms with Crippen LogP contribution in [0.1, 0.15) is 17.5 Å². The van der Waals surface area contributed by atoms with E-state index in [1.165, 1.54) is 52.7 Å². The molecular formula is C22H25NO9S. The van der Waals surface area contributed by atoms with Crippen molar-refractivity contribution in [1.82, 2.24) is 0 Å². The van der Waals surface area contributed by atoms with Gasteiger partial charge in [-0.2, -0.15) is 0 Å². The zero-order valence-electron chi connectivity index (χ0n) is 18.6. The molecule has 0 bridgehead atoms. The molecule has 178 valence electrons. The molecule has 2 N–H and O–H groups in total. The molecule has 0 fully saturated rings. The Labute approximate surface area is 191 Å². The van der Waals surface area contributed by atoms with Crippen LogP contribution >= 0.6 is 0 Å². The Balaban J connectivity index is 2.31. The van der Waals surface area contributed by atoms with Gasteiger partial charge in [-0.25, -0.2) is 8.42 Å². The lowest BCUT2D eigenvalue weighted by Crippen LogP contribution is -2.16. The van der Waals surface area contributed by atoms with Gasteiger partial charge in [-0.15, -0.1) is 0 Å². The molecule has 2 aromatic carbocycles. The number of rotatable bonds is 11. The summed E-state index contributed by atoms with van der Waals surface area (Å²) in [5.41, 5.74) is 0.944. The molecule has 0 heterocycles. The number of nitrogens with one attached hydrogen (secondary N) is 1. The van der Waals surface area contributed by atoms with E-state index in [1.807, 2.05) is 0 Å². The topological polar surface area (TPSA) is 137 Å². The summed E-state index contributed by atoms with van der Waals surface area (Å²) in [5, 5.41) is 12.2. The van der Waals surface area contributed by atoms with Crippen molar-refractivity contribution in [2.45, 2.75) is 12.2 Å². The van der Waals surface area contributed by atoms with Crippen LogP contribution in [0.3, 0.4) is 0 Å². The van der Waals surface area contributed by atoms with Gasteiger partial charge in [0.2, 0.25) is 5.91 Å². The number of benzene rings is 2. The van der Waals surface area contributed by atoms with Gasteiger partial charge < -0.3 is 29.4 Å². The quantitative estimate of drug-likeness (QED) is 0.466. The number of aliphatic carboxylic acids is 1. The van der Waals surface area contributed by atoms with Crippen LogP contribution in [0.4, 0.5) is 5.69 Å². The molecule has 0 aromatic heterocycles. The zero-order chi connectivity index (χ0) is 24.6. The van der Waals surface area contributed by atoms with Crippen molar-refractivity contribution >= 4 is 33.5 Å². The van der Waals surface area contributed by atoms with Crippen molar-refractivity contribution in [3.63, 3.8) is 0 Å². The van der Waals surface area contributed by atoms with Crippen LogP contribution < -0.4 is 24.3 Å². The van der Waals surface area contributed by atoms with E-state index in [1.54, 1.807) is 12.1 Å². The average Bonchev–Trinajstić information content (AvgIpc) is 2.76. The molecular weight excluding hydrogens is 454 g/mol. The van der Waals surface area contributed by atoms with E-state index < -0.39 is 28.1 Å². The fraction of sp³-hybridized carbons (Fsp3) is 0.273. The largest absolute Gasteiger partial charge is 0.496 e. The third-order valence-electron chi connectivity index (χ3n) is 4.41. The highest BCUT2D eigenvalue weighted by Crippen LogP contribution is 2.35. The highest BCUT2D eigenvalue weighted by atomic mass is 32.2. The first-order valence-electron chi connectivity index (χ1n) is 9.51. The maximum absolute atomic E-state index is 12.7. The lowest BCUT2D eigenvalue weighted by atomic mass is 10.1. The molecule has 0 aliphatic carbocycles. The Morgan fingerprint density at radius 2 is 1.55 bits per heavy atom. The highest BCUT2D eigenvalue weighted by Gasteiger charge is 2.16. The van der Waals surface area contributed by atoms with Gasteiger partial charge in [-0.1, -0.05) is 6.07 Å². The first kappa shape index (κ1) is 25.5. The zero-order valence-corrected chi connectivity index (χ0v) is 19.4. The molecule has 0 saturated carbocycles. The Hall–Kier alpha value is -3.73. The van der Waals surface area contributed by atoms with E-state index in [2.05, 4.69) is 5.32 Å². The van der Waals surface area contributed by atoms with E-state index in [4.69, 9.17) is 24.1 Å². The van der Waals surface area contributed by atoms with Gasteiger partial charge in [-0.3, -0.25) is 9.59 Å². The van der Waals surface area contributed by atoms with Crippen molar-refractivity contribution in [1.29, 1.82) is 0 Å². The van der Waals surface area contributed by atoms with Crippen LogP contribution in [0.5, 0.6) is 23.0 Å². The monoisotopic (exact) mass is 479 g/mol. The molecule has 0 unspecified atom stereocenters. The van der Waals surface area contributed by atoms with Crippen LogP contribution in [-0.4, -0.2) is 53.8 Å². The third kappa shape index (κ3) is 7.14. The summed E-state index contributed by atoms with van der Waals surface area (Å²) >= 11 is 0. The van der Waals surface area contributed by atoms with Crippen LogP contribution in [0, 0.1) is 0 Å². The molecule has 2 rings (SSSR count). The van der Waals surface area contributed by atoms with Crippen molar-refractivity contribution in [3.8, 4) is 23.0 Å². The van der Waals surface area contributed by atoms with Gasteiger partial charge in [0.1, 0.15) is 29.4 Å². The molecule has 0 aliphatic heterocycles. The van der Waals surface area contributed by atoms with Gasteiger partial charge in [-0.05, 0) is 23.8 Å². The summed E-state index contributed by atoms with van der Waals surface area (Å²) in [6, 6.07) is 7.64. The Kier molecular flexibility index (Phi) is 8.69. The minimum atomic E-state index is -3.75. The average molecular weight is 480 g/mol. The number of hydrogen-bond acceptors (Lipinski definition) is 8. The van der Waals surface area contributed by atoms with Crippen molar-refractivity contribution in [2.24, 2.45) is 0 Å². The molecule has 33 heavy (non-hydrogen) atoms. The number of amides is 1. The van der Waals surface area contributed by atoms with Gasteiger partial charge in [0, 0.05) is 17.5 Å². The molecule has 10 nitrogen and oxygen atoms in total. The smallest absolute Gasteiger partial charge is 0.312 e. The predicted octanol–water partition coefficient (Wildman–Crippen LogP) is 2.72. The van der Waals surface area contributed by atoms with Crippen LogP contribution in [-0.2, 0) is 25.2 Å². The van der Waals surface area contributed by atoms with E-state index in [9.17, 15) is 18.0 Å². The van der Waals surface area contributed by atoms with E-state index in [0.29, 0.717) is 28.4 Å². The maximum atomic E-state index is 12.7. The van der Waals surface area contributed by atoms with Crippen LogP contribution in [0.2, 0.25) is 0 Å². The first-order chi connectivity index (χ1) is 15.6. The second-order valence-electron chi connectivity index (χ2n) is 6.71.